The first kappa shape index (κ1) is 20.8. The second kappa shape index (κ2) is 8.60. The number of aliphatic carboxylic acids is 1. The molecular weight excluding hydrogens is 523 g/mol. The van der Waals surface area contributed by atoms with Gasteiger partial charge in [-0.1, -0.05) is 27.7 Å². The number of fused-ring (bicyclic) bond motifs is 1. The summed E-state index contributed by atoms with van der Waals surface area (Å²) < 4.78 is 4.45. The maximum absolute atomic E-state index is 12.7. The Balaban J connectivity index is 1.79. The number of hydrogen-bond donors (Lipinski definition) is 3. The van der Waals surface area contributed by atoms with Gasteiger partial charge in [0.2, 0.25) is 11.5 Å². The van der Waals surface area contributed by atoms with Crippen LogP contribution in [-0.2, 0) is 19.2 Å². The van der Waals surface area contributed by atoms with Gasteiger partial charge in [0.1, 0.15) is 23.7 Å². The summed E-state index contributed by atoms with van der Waals surface area (Å²) in [4.78, 5) is 46.9. The molecule has 0 aliphatic carbocycles. The standard InChI is InChI=1S/C14H15IN6O5S2/c1-2-26-19-6(9-18-14(16)28-20-9)10(22)17-7-11(23)21-8(13(24)25)5(3-15)4-27-12(7)21/h7,12H,2-4H2,1H3,(H,17,22)(H,24,25)(H2,16,18,20)/t7?,12-/m0/s1. The van der Waals surface area contributed by atoms with Crippen LogP contribution in [0.2, 0.25) is 0 Å². The Hall–Kier alpha value is -1.94. The number of nitrogens with zero attached hydrogens (tertiary/aromatic N) is 4. The minimum Gasteiger partial charge on any atom is -0.477 e. The van der Waals surface area contributed by atoms with E-state index in [4.69, 9.17) is 10.6 Å². The highest BCUT2D eigenvalue weighted by molar-refractivity contribution is 14.1. The molecule has 1 saturated heterocycles. The SMILES string of the molecule is CCON=C(C(=O)NC1C(=O)N2C(C(=O)O)=C(CI)CS[C@@H]12)c1nsc(N)n1. The normalized spacial score (nSPS) is 21.9. The molecule has 14 heteroatoms. The van der Waals surface area contributed by atoms with Gasteiger partial charge in [0.25, 0.3) is 11.8 Å². The minimum atomic E-state index is -1.16. The molecule has 2 amide bonds. The van der Waals surface area contributed by atoms with Crippen LogP contribution in [0.25, 0.3) is 0 Å². The fraction of sp³-hybridized carbons (Fsp3) is 0.429. The summed E-state index contributed by atoms with van der Waals surface area (Å²) in [5.74, 6) is -1.89. The van der Waals surface area contributed by atoms with Gasteiger partial charge in [0.15, 0.2) is 5.13 Å². The molecule has 1 aromatic heterocycles. The van der Waals surface area contributed by atoms with Crippen LogP contribution in [0.4, 0.5) is 5.13 Å². The average molecular weight is 538 g/mol. The number of aromatic nitrogens is 2. The van der Waals surface area contributed by atoms with Gasteiger partial charge in [-0.3, -0.25) is 14.5 Å². The number of oxime groups is 1. The molecule has 3 heterocycles. The van der Waals surface area contributed by atoms with Crippen molar-refractivity contribution in [2.24, 2.45) is 5.16 Å². The summed E-state index contributed by atoms with van der Waals surface area (Å²) in [5.41, 5.74) is 6.02. The number of alkyl halides is 1. The van der Waals surface area contributed by atoms with E-state index in [0.717, 1.165) is 11.5 Å². The number of β-lactam (4-membered cyclic amide) rings is 1. The van der Waals surface area contributed by atoms with Crippen molar-refractivity contribution in [3.05, 3.63) is 17.1 Å². The molecular formula is C14H15IN6O5S2. The van der Waals surface area contributed by atoms with Gasteiger partial charge in [-0.05, 0) is 12.5 Å². The number of anilines is 1. The zero-order valence-corrected chi connectivity index (χ0v) is 18.2. The van der Waals surface area contributed by atoms with E-state index in [0.29, 0.717) is 15.8 Å². The molecule has 1 fully saturated rings. The number of carboxylic acids is 1. The maximum Gasteiger partial charge on any atom is 0.352 e. The van der Waals surface area contributed by atoms with Crippen LogP contribution in [-0.4, -0.2) is 71.1 Å². The van der Waals surface area contributed by atoms with Crippen LogP contribution in [0, 0.1) is 0 Å². The molecule has 2 aliphatic heterocycles. The molecule has 4 N–H and O–H groups in total. The van der Waals surface area contributed by atoms with Gasteiger partial charge in [0, 0.05) is 21.7 Å². The third kappa shape index (κ3) is 3.80. The van der Waals surface area contributed by atoms with Crippen LogP contribution < -0.4 is 11.1 Å². The molecule has 3 rings (SSSR count). The number of halogens is 1. The third-order valence-electron chi connectivity index (χ3n) is 3.85. The Bertz CT molecular complexity index is 887. The minimum absolute atomic E-state index is 0.00769. The summed E-state index contributed by atoms with van der Waals surface area (Å²) in [6.07, 6.45) is 0. The number of nitrogens with two attached hydrogens (primary N) is 1. The van der Waals surface area contributed by atoms with Crippen LogP contribution in [0.1, 0.15) is 12.7 Å². The predicted octanol–water partition coefficient (Wildman–Crippen LogP) is 0.0345. The number of carbonyl (C=O) groups excluding carboxylic acids is 2. The molecule has 0 aromatic carbocycles. The molecule has 28 heavy (non-hydrogen) atoms. The quantitative estimate of drug-likeness (QED) is 0.143. The highest BCUT2D eigenvalue weighted by Crippen LogP contribution is 2.40. The van der Waals surface area contributed by atoms with Crippen molar-refractivity contribution in [1.29, 1.82) is 0 Å². The second-order valence-corrected chi connectivity index (χ2v) is 8.22. The number of hydrogen-bond acceptors (Lipinski definition) is 10. The number of amides is 2. The predicted molar refractivity (Wildman–Crippen MR) is 111 cm³/mol. The first-order chi connectivity index (χ1) is 13.4. The monoisotopic (exact) mass is 538 g/mol. The van der Waals surface area contributed by atoms with Gasteiger partial charge in [-0.2, -0.15) is 9.36 Å². The van der Waals surface area contributed by atoms with E-state index in [9.17, 15) is 19.5 Å². The summed E-state index contributed by atoms with van der Waals surface area (Å²) in [6, 6.07) is -0.884. The number of carboxylic acid groups (broad SMARTS) is 1. The van der Waals surface area contributed by atoms with Crippen LogP contribution >= 0.6 is 45.9 Å². The van der Waals surface area contributed by atoms with E-state index in [2.05, 4.69) is 42.4 Å². The van der Waals surface area contributed by atoms with Gasteiger partial charge in [-0.25, -0.2) is 4.79 Å². The molecule has 0 saturated carbocycles. The molecule has 0 spiro atoms. The largest absolute Gasteiger partial charge is 0.477 e. The Kier molecular flexibility index (Phi) is 6.39. The van der Waals surface area contributed by atoms with Crippen molar-refractivity contribution >= 4 is 74.5 Å². The van der Waals surface area contributed by atoms with Crippen molar-refractivity contribution in [2.45, 2.75) is 18.3 Å². The Labute approximate surface area is 181 Å². The van der Waals surface area contributed by atoms with Gasteiger partial charge >= 0.3 is 5.97 Å². The number of carbonyl (C=O) groups is 3. The number of rotatable bonds is 7. The van der Waals surface area contributed by atoms with E-state index in [1.807, 2.05) is 0 Å². The average Bonchev–Trinajstić information content (AvgIpc) is 3.10. The van der Waals surface area contributed by atoms with Crippen molar-refractivity contribution in [3.63, 3.8) is 0 Å². The van der Waals surface area contributed by atoms with E-state index >= 15 is 0 Å². The molecule has 2 atom stereocenters. The van der Waals surface area contributed by atoms with E-state index < -0.39 is 29.2 Å². The zero-order valence-electron chi connectivity index (χ0n) is 14.4. The third-order valence-corrected chi connectivity index (χ3v) is 6.65. The fourth-order valence-corrected chi connectivity index (χ4v) is 5.42. The lowest BCUT2D eigenvalue weighted by Crippen LogP contribution is -2.71. The molecule has 1 unspecified atom stereocenters. The Morgan fingerprint density at radius 2 is 2.29 bits per heavy atom. The van der Waals surface area contributed by atoms with Crippen LogP contribution in [0.15, 0.2) is 16.4 Å². The summed E-state index contributed by atoms with van der Waals surface area (Å²) >= 11 is 4.35. The molecule has 0 bridgehead atoms. The van der Waals surface area contributed by atoms with Crippen molar-refractivity contribution in [1.82, 2.24) is 19.6 Å². The summed E-state index contributed by atoms with van der Waals surface area (Å²) in [5, 5.41) is 15.4. The second-order valence-electron chi connectivity index (χ2n) is 5.57. The molecule has 150 valence electrons. The topological polar surface area (TPSA) is 160 Å². The fourth-order valence-electron chi connectivity index (χ4n) is 2.64. The molecule has 1 aromatic rings. The van der Waals surface area contributed by atoms with Crippen molar-refractivity contribution < 1.29 is 24.3 Å². The smallest absolute Gasteiger partial charge is 0.352 e. The van der Waals surface area contributed by atoms with Gasteiger partial charge in [0.05, 0.1) is 0 Å². The van der Waals surface area contributed by atoms with E-state index in [1.54, 1.807) is 6.92 Å². The summed E-state index contributed by atoms with van der Waals surface area (Å²) in [6.45, 7) is 1.91. The highest BCUT2D eigenvalue weighted by atomic mass is 127. The Morgan fingerprint density at radius 3 is 2.86 bits per heavy atom. The first-order valence-corrected chi connectivity index (χ1v) is 11.3. The van der Waals surface area contributed by atoms with E-state index in [1.165, 1.54) is 16.7 Å². The summed E-state index contributed by atoms with van der Waals surface area (Å²) in [7, 11) is 0. The molecule has 11 nitrogen and oxygen atoms in total. The number of nitrogens with one attached hydrogen (secondary N) is 1. The molecule has 2 aliphatic rings. The molecule has 0 radical (unpaired) electrons. The van der Waals surface area contributed by atoms with Crippen molar-refractivity contribution in [2.75, 3.05) is 22.5 Å². The lowest BCUT2D eigenvalue weighted by atomic mass is 10.0. The highest BCUT2D eigenvalue weighted by Gasteiger charge is 2.54. The lowest BCUT2D eigenvalue weighted by molar-refractivity contribution is -0.150. The maximum atomic E-state index is 12.7. The Morgan fingerprint density at radius 1 is 1.54 bits per heavy atom. The van der Waals surface area contributed by atoms with E-state index in [-0.39, 0.29) is 29.0 Å². The zero-order chi connectivity index (χ0) is 20.4. The van der Waals surface area contributed by atoms with Crippen molar-refractivity contribution in [3.8, 4) is 0 Å². The number of thioether (sulfide) groups is 1. The van der Waals surface area contributed by atoms with Gasteiger partial charge in [-0.15, -0.1) is 11.8 Å². The van der Waals surface area contributed by atoms with Crippen LogP contribution in [0.3, 0.4) is 0 Å². The lowest BCUT2D eigenvalue weighted by Gasteiger charge is -2.49. The number of nitrogen functional groups attached to an aromatic ring is 1. The van der Waals surface area contributed by atoms with Crippen LogP contribution in [0.5, 0.6) is 0 Å². The first-order valence-electron chi connectivity index (χ1n) is 7.95. The van der Waals surface area contributed by atoms with Gasteiger partial charge < -0.3 is 21.0 Å².